The number of benzene rings is 2. The molecule has 0 saturated heterocycles. The van der Waals surface area contributed by atoms with Gasteiger partial charge in [-0.2, -0.15) is 0 Å². The van der Waals surface area contributed by atoms with Crippen LogP contribution in [0.3, 0.4) is 0 Å². The highest BCUT2D eigenvalue weighted by Gasteiger charge is 2.25. The van der Waals surface area contributed by atoms with Gasteiger partial charge in [0.05, 0.1) is 18.6 Å². The van der Waals surface area contributed by atoms with Crippen molar-refractivity contribution in [3.05, 3.63) is 77.9 Å². The summed E-state index contributed by atoms with van der Waals surface area (Å²) < 4.78 is 11.3. The third-order valence-corrected chi connectivity index (χ3v) is 6.03. The maximum absolute atomic E-state index is 13.1. The molecule has 0 bridgehead atoms. The van der Waals surface area contributed by atoms with Crippen molar-refractivity contribution in [3.63, 3.8) is 0 Å². The van der Waals surface area contributed by atoms with Crippen LogP contribution >= 0.6 is 0 Å². The third kappa shape index (κ3) is 10.1. The van der Waals surface area contributed by atoms with Gasteiger partial charge in [-0.05, 0) is 49.4 Å². The summed E-state index contributed by atoms with van der Waals surface area (Å²) in [5.74, 6) is -0.731. The molecule has 0 radical (unpaired) electrons. The number of cyclic esters (lactones) is 1. The van der Waals surface area contributed by atoms with E-state index in [4.69, 9.17) is 9.47 Å². The average Bonchev–Trinajstić information content (AvgIpc) is 2.90. The van der Waals surface area contributed by atoms with Crippen molar-refractivity contribution in [3.8, 4) is 5.75 Å². The second-order valence-corrected chi connectivity index (χ2v) is 9.31. The molecule has 0 saturated carbocycles. The zero-order chi connectivity index (χ0) is 26.5. The Morgan fingerprint density at radius 3 is 2.59 bits per heavy atom. The van der Waals surface area contributed by atoms with Gasteiger partial charge in [-0.15, -0.1) is 0 Å². The van der Waals surface area contributed by atoms with Crippen LogP contribution in [0.4, 0.5) is 0 Å². The largest absolute Gasteiger partial charge is 0.489 e. The van der Waals surface area contributed by atoms with E-state index in [0.29, 0.717) is 25.9 Å². The summed E-state index contributed by atoms with van der Waals surface area (Å²) in [6, 6.07) is 16.7. The summed E-state index contributed by atoms with van der Waals surface area (Å²) in [4.78, 5) is 37.6. The van der Waals surface area contributed by atoms with Crippen LogP contribution in [0.5, 0.6) is 5.75 Å². The topological polar surface area (TPSA) is 114 Å². The summed E-state index contributed by atoms with van der Waals surface area (Å²) in [5, 5.41) is 14.9. The first-order valence-electron chi connectivity index (χ1n) is 12.7. The van der Waals surface area contributed by atoms with E-state index in [1.165, 1.54) is 0 Å². The molecule has 1 aliphatic heterocycles. The number of hydrogen-bond donors (Lipinski definition) is 3. The molecule has 2 amide bonds. The van der Waals surface area contributed by atoms with Crippen LogP contribution < -0.4 is 15.4 Å². The van der Waals surface area contributed by atoms with Gasteiger partial charge in [0.2, 0.25) is 11.8 Å². The van der Waals surface area contributed by atoms with E-state index in [2.05, 4.69) is 10.6 Å². The molecular weight excluding hydrogens is 472 g/mol. The minimum atomic E-state index is -0.575. The maximum atomic E-state index is 13.1. The Hall–Kier alpha value is -3.65. The van der Waals surface area contributed by atoms with Gasteiger partial charge in [-0.25, -0.2) is 0 Å². The number of carbonyl (C=O) groups is 3. The Morgan fingerprint density at radius 2 is 1.86 bits per heavy atom. The first kappa shape index (κ1) is 27.9. The molecule has 8 heteroatoms. The van der Waals surface area contributed by atoms with Crippen LogP contribution in [0, 0.1) is 5.92 Å². The fourth-order valence-corrected chi connectivity index (χ4v) is 3.95. The first-order chi connectivity index (χ1) is 17.9. The molecule has 198 valence electrons. The second-order valence-electron chi connectivity index (χ2n) is 9.31. The fraction of sp³-hybridized carbons (Fsp3) is 0.414. The maximum Gasteiger partial charge on any atom is 0.306 e. The van der Waals surface area contributed by atoms with Crippen molar-refractivity contribution in [1.82, 2.24) is 10.6 Å². The zero-order valence-electron chi connectivity index (χ0n) is 21.2. The summed E-state index contributed by atoms with van der Waals surface area (Å²) >= 11 is 0. The number of aliphatic hydroxyl groups excluding tert-OH is 1. The van der Waals surface area contributed by atoms with Crippen molar-refractivity contribution in [2.24, 2.45) is 5.92 Å². The van der Waals surface area contributed by atoms with E-state index in [9.17, 15) is 19.5 Å². The Kier molecular flexibility index (Phi) is 11.2. The summed E-state index contributed by atoms with van der Waals surface area (Å²) in [5.41, 5.74) is 2.03. The molecule has 0 fully saturated rings. The highest BCUT2D eigenvalue weighted by Crippen LogP contribution is 2.17. The molecule has 2 aromatic carbocycles. The van der Waals surface area contributed by atoms with Crippen molar-refractivity contribution in [2.45, 2.75) is 57.7 Å². The van der Waals surface area contributed by atoms with E-state index in [1.807, 2.05) is 66.7 Å². The number of allylic oxidation sites excluding steroid dienone is 2. The Bertz CT molecular complexity index is 1040. The molecule has 1 heterocycles. The van der Waals surface area contributed by atoms with E-state index >= 15 is 0 Å². The molecule has 0 spiro atoms. The van der Waals surface area contributed by atoms with Gasteiger partial charge in [-0.3, -0.25) is 14.4 Å². The van der Waals surface area contributed by atoms with Crippen LogP contribution in [0.15, 0.2) is 66.7 Å². The number of hydrogen-bond acceptors (Lipinski definition) is 6. The number of amides is 2. The Labute approximate surface area is 218 Å². The van der Waals surface area contributed by atoms with Crippen molar-refractivity contribution < 1.29 is 29.0 Å². The second kappa shape index (κ2) is 14.8. The van der Waals surface area contributed by atoms with Crippen LogP contribution in [-0.4, -0.2) is 48.2 Å². The molecule has 2 aromatic rings. The van der Waals surface area contributed by atoms with Gasteiger partial charge in [0.1, 0.15) is 19.0 Å². The standard InChI is InChI=1S/C29H36N2O6/c1-21(18-32)30-27(33)17-24-10-6-3-7-11-28(34)37-20-25(31-29(24)35)16-22-12-14-26(15-13-22)36-19-23-8-4-2-5-9-23/h2-6,8-9,12-15,21,24-25,32H,7,10-11,16-20H2,1H3,(H,30,33)(H,31,35)/t21-,24+,25-/m0/s1. The number of aliphatic hydroxyl groups is 1. The zero-order valence-corrected chi connectivity index (χ0v) is 21.2. The lowest BCUT2D eigenvalue weighted by atomic mass is 9.97. The molecule has 37 heavy (non-hydrogen) atoms. The van der Waals surface area contributed by atoms with Crippen molar-refractivity contribution >= 4 is 17.8 Å². The van der Waals surface area contributed by atoms with E-state index in [0.717, 1.165) is 16.9 Å². The van der Waals surface area contributed by atoms with Crippen molar-refractivity contribution in [1.29, 1.82) is 0 Å². The number of rotatable bonds is 9. The van der Waals surface area contributed by atoms with Crippen molar-refractivity contribution in [2.75, 3.05) is 13.2 Å². The van der Waals surface area contributed by atoms with Gasteiger partial charge in [0.25, 0.3) is 0 Å². The summed E-state index contributed by atoms with van der Waals surface area (Å²) in [6.45, 7) is 2.03. The fourth-order valence-electron chi connectivity index (χ4n) is 3.95. The average molecular weight is 509 g/mol. The van der Waals surface area contributed by atoms with Crippen LogP contribution in [0.1, 0.15) is 43.7 Å². The lowest BCUT2D eigenvalue weighted by molar-refractivity contribution is -0.145. The van der Waals surface area contributed by atoms with Crippen LogP contribution in [0.25, 0.3) is 0 Å². The van der Waals surface area contributed by atoms with Gasteiger partial charge < -0.3 is 25.2 Å². The highest BCUT2D eigenvalue weighted by molar-refractivity contribution is 5.86. The lowest BCUT2D eigenvalue weighted by Crippen LogP contribution is -2.45. The Morgan fingerprint density at radius 1 is 1.11 bits per heavy atom. The van der Waals surface area contributed by atoms with Crippen LogP contribution in [-0.2, 0) is 32.1 Å². The minimum absolute atomic E-state index is 0.000467. The molecule has 1 aliphatic rings. The normalized spacial score (nSPS) is 19.5. The van der Waals surface area contributed by atoms with Gasteiger partial charge >= 0.3 is 5.97 Å². The smallest absolute Gasteiger partial charge is 0.306 e. The van der Waals surface area contributed by atoms with Crippen LogP contribution in [0.2, 0.25) is 0 Å². The predicted octanol–water partition coefficient (Wildman–Crippen LogP) is 3.08. The van der Waals surface area contributed by atoms with E-state index in [-0.39, 0.29) is 49.9 Å². The van der Waals surface area contributed by atoms with E-state index in [1.54, 1.807) is 6.92 Å². The monoisotopic (exact) mass is 508 g/mol. The molecule has 3 N–H and O–H groups in total. The SMILES string of the molecule is C[C@@H](CO)NC(=O)C[C@H]1CC=CCCC(=O)OC[C@H](Cc2ccc(OCc3ccccc3)cc2)NC1=O. The lowest BCUT2D eigenvalue weighted by Gasteiger charge is -2.23. The molecule has 0 unspecified atom stereocenters. The molecule has 0 aliphatic carbocycles. The number of ether oxygens (including phenoxy) is 2. The minimum Gasteiger partial charge on any atom is -0.489 e. The first-order valence-corrected chi connectivity index (χ1v) is 12.7. The predicted molar refractivity (Wildman–Crippen MR) is 140 cm³/mol. The van der Waals surface area contributed by atoms with E-state index < -0.39 is 12.0 Å². The Balaban J connectivity index is 1.64. The molecule has 0 aromatic heterocycles. The summed E-state index contributed by atoms with van der Waals surface area (Å²) in [7, 11) is 0. The number of nitrogens with one attached hydrogen (secondary N) is 2. The van der Waals surface area contributed by atoms with Gasteiger partial charge in [0, 0.05) is 18.9 Å². The molecule has 3 atom stereocenters. The molecular formula is C29H36N2O6. The molecule has 8 nitrogen and oxygen atoms in total. The quantitative estimate of drug-likeness (QED) is 0.354. The highest BCUT2D eigenvalue weighted by atomic mass is 16.5. The number of carbonyl (C=O) groups excluding carboxylic acids is 3. The van der Waals surface area contributed by atoms with Gasteiger partial charge in [0.15, 0.2) is 0 Å². The number of esters is 1. The summed E-state index contributed by atoms with van der Waals surface area (Å²) in [6.07, 6.45) is 5.25. The molecule has 3 rings (SSSR count). The van der Waals surface area contributed by atoms with Gasteiger partial charge in [-0.1, -0.05) is 54.6 Å². The third-order valence-electron chi connectivity index (χ3n) is 6.03.